The molecule has 1 aliphatic rings. The van der Waals surface area contributed by atoms with E-state index in [1.807, 2.05) is 6.92 Å². The summed E-state index contributed by atoms with van der Waals surface area (Å²) < 4.78 is 35.6. The number of urea groups is 1. The number of ether oxygens (including phenoxy) is 1. The van der Waals surface area contributed by atoms with E-state index in [0.717, 1.165) is 12.8 Å². The summed E-state index contributed by atoms with van der Waals surface area (Å²) in [5.41, 5.74) is 0.795. The van der Waals surface area contributed by atoms with Crippen LogP contribution in [0.3, 0.4) is 0 Å². The number of carbonyl (C=O) groups is 1. The van der Waals surface area contributed by atoms with Crippen LogP contribution in [0.5, 0.6) is 11.5 Å². The molecule has 0 bridgehead atoms. The van der Waals surface area contributed by atoms with E-state index in [9.17, 15) is 14.0 Å². The van der Waals surface area contributed by atoms with E-state index in [1.165, 1.54) is 47.3 Å². The lowest BCUT2D eigenvalue weighted by atomic mass is 10.1. The topological polar surface area (TPSA) is 101 Å². The minimum Gasteiger partial charge on any atom is -0.454 e. The van der Waals surface area contributed by atoms with Crippen LogP contribution in [0, 0.1) is 11.6 Å². The van der Waals surface area contributed by atoms with Crippen LogP contribution < -0.4 is 20.9 Å². The second-order valence-electron chi connectivity index (χ2n) is 9.33. The number of hydrogen-bond acceptors (Lipinski definition) is 6. The van der Waals surface area contributed by atoms with Crippen molar-refractivity contribution in [3.8, 4) is 22.6 Å². The van der Waals surface area contributed by atoms with Crippen molar-refractivity contribution in [3.63, 3.8) is 0 Å². The van der Waals surface area contributed by atoms with Crippen molar-refractivity contribution < 1.29 is 18.3 Å². The molecule has 206 valence electrons. The zero-order chi connectivity index (χ0) is 28.1. The minimum atomic E-state index is -0.674. The Morgan fingerprint density at radius 3 is 2.52 bits per heavy atom. The number of rotatable bonds is 8. The quantitative estimate of drug-likeness (QED) is 0.275. The van der Waals surface area contributed by atoms with Gasteiger partial charge in [0.25, 0.3) is 5.56 Å². The van der Waals surface area contributed by atoms with E-state index in [-0.39, 0.29) is 28.7 Å². The first kappa shape index (κ1) is 26.8. The molecular formula is C29H28F2N6O3. The average molecular weight is 547 g/mol. The normalized spacial score (nSPS) is 12.8. The van der Waals surface area contributed by atoms with Gasteiger partial charge in [-0.05, 0) is 67.3 Å². The van der Waals surface area contributed by atoms with Crippen molar-refractivity contribution >= 4 is 23.5 Å². The molecule has 0 spiro atoms. The van der Waals surface area contributed by atoms with Gasteiger partial charge in [-0.1, -0.05) is 13.0 Å². The molecule has 0 radical (unpaired) electrons. The molecule has 0 atom stereocenters. The van der Waals surface area contributed by atoms with E-state index < -0.39 is 5.82 Å². The molecule has 2 aromatic carbocycles. The Labute approximate surface area is 229 Å². The highest BCUT2D eigenvalue weighted by Gasteiger charge is 2.19. The summed E-state index contributed by atoms with van der Waals surface area (Å²) in [5, 5.41) is 5.78. The average Bonchev–Trinajstić information content (AvgIpc) is 3.49. The van der Waals surface area contributed by atoms with E-state index in [4.69, 9.17) is 4.74 Å². The molecular weight excluding hydrogens is 518 g/mol. The lowest BCUT2D eigenvalue weighted by Crippen LogP contribution is -2.32. The Kier molecular flexibility index (Phi) is 7.99. The molecule has 1 aliphatic heterocycles. The fourth-order valence-electron chi connectivity index (χ4n) is 4.41. The van der Waals surface area contributed by atoms with E-state index in [0.29, 0.717) is 54.8 Å². The summed E-state index contributed by atoms with van der Waals surface area (Å²) in [7, 11) is 0. The Bertz CT molecular complexity index is 1570. The molecule has 1 fully saturated rings. The van der Waals surface area contributed by atoms with Gasteiger partial charge in [-0.25, -0.2) is 23.5 Å². The molecule has 40 heavy (non-hydrogen) atoms. The number of carbonyl (C=O) groups excluding carboxylic acids is 1. The standard InChI is InChI=1S/C29H28F2N6O3/c1-2-13-37-27(38)23(18-33-28(37)34-21-8-6-20(30)7-9-21)19-5-10-25(24(31)16-19)40-22-11-12-32-26(17-22)35-29(39)36-14-3-4-15-36/h5-12,16-18H,2-4,13-15H2,1H3,(H,33,34)(H,32,35,39). The van der Waals surface area contributed by atoms with Crippen LogP contribution in [0.15, 0.2) is 71.8 Å². The van der Waals surface area contributed by atoms with Crippen molar-refractivity contribution in [2.24, 2.45) is 0 Å². The molecule has 4 aromatic rings. The van der Waals surface area contributed by atoms with Crippen molar-refractivity contribution in [1.29, 1.82) is 0 Å². The smallest absolute Gasteiger partial charge is 0.323 e. The SMILES string of the molecule is CCCn1c(Nc2ccc(F)cc2)ncc(-c2ccc(Oc3ccnc(NC(=O)N4CCCC4)c3)c(F)c2)c1=O. The summed E-state index contributed by atoms with van der Waals surface area (Å²) >= 11 is 0. The monoisotopic (exact) mass is 546 g/mol. The van der Waals surface area contributed by atoms with Crippen LogP contribution in [0.1, 0.15) is 26.2 Å². The van der Waals surface area contributed by atoms with Gasteiger partial charge in [0, 0.05) is 43.8 Å². The van der Waals surface area contributed by atoms with Gasteiger partial charge in [0.15, 0.2) is 11.6 Å². The van der Waals surface area contributed by atoms with Gasteiger partial charge in [-0.2, -0.15) is 0 Å². The lowest BCUT2D eigenvalue weighted by Gasteiger charge is -2.16. The fourth-order valence-corrected chi connectivity index (χ4v) is 4.41. The second-order valence-corrected chi connectivity index (χ2v) is 9.33. The number of aromatic nitrogens is 3. The van der Waals surface area contributed by atoms with E-state index in [2.05, 4.69) is 20.6 Å². The summed E-state index contributed by atoms with van der Waals surface area (Å²) in [4.78, 5) is 36.0. The largest absolute Gasteiger partial charge is 0.454 e. The summed E-state index contributed by atoms with van der Waals surface area (Å²) in [5.74, 6) is -0.212. The number of likely N-dealkylation sites (tertiary alicyclic amines) is 1. The van der Waals surface area contributed by atoms with E-state index >= 15 is 4.39 Å². The number of pyridine rings is 1. The van der Waals surface area contributed by atoms with Crippen LogP contribution in [-0.4, -0.2) is 38.6 Å². The molecule has 1 saturated heterocycles. The van der Waals surface area contributed by atoms with Crippen molar-refractivity contribution in [2.45, 2.75) is 32.7 Å². The molecule has 0 unspecified atom stereocenters. The second kappa shape index (κ2) is 11.9. The van der Waals surface area contributed by atoms with Gasteiger partial charge in [-0.3, -0.25) is 14.7 Å². The molecule has 2 aromatic heterocycles. The Balaban J connectivity index is 1.35. The third-order valence-corrected chi connectivity index (χ3v) is 6.43. The molecule has 11 heteroatoms. The highest BCUT2D eigenvalue weighted by atomic mass is 19.1. The van der Waals surface area contributed by atoms with Crippen molar-refractivity contribution in [2.75, 3.05) is 23.7 Å². The maximum Gasteiger partial charge on any atom is 0.323 e. The lowest BCUT2D eigenvalue weighted by molar-refractivity contribution is 0.222. The molecule has 5 rings (SSSR count). The molecule has 3 heterocycles. The molecule has 0 saturated carbocycles. The molecule has 2 amide bonds. The van der Waals surface area contributed by atoms with Crippen LogP contribution in [0.4, 0.5) is 31.0 Å². The third-order valence-electron chi connectivity index (χ3n) is 6.43. The van der Waals surface area contributed by atoms with Gasteiger partial charge < -0.3 is 15.0 Å². The van der Waals surface area contributed by atoms with Crippen LogP contribution in [0.2, 0.25) is 0 Å². The first-order valence-electron chi connectivity index (χ1n) is 13.0. The maximum absolute atomic E-state index is 15.1. The number of benzene rings is 2. The van der Waals surface area contributed by atoms with Gasteiger partial charge in [-0.15, -0.1) is 0 Å². The summed E-state index contributed by atoms with van der Waals surface area (Å²) in [6, 6.07) is 12.8. The van der Waals surface area contributed by atoms with Crippen LogP contribution >= 0.6 is 0 Å². The highest BCUT2D eigenvalue weighted by molar-refractivity contribution is 5.88. The first-order valence-corrected chi connectivity index (χ1v) is 13.0. The highest BCUT2D eigenvalue weighted by Crippen LogP contribution is 2.29. The Hall–Kier alpha value is -4.80. The predicted octanol–water partition coefficient (Wildman–Crippen LogP) is 6.16. The first-order chi connectivity index (χ1) is 19.4. The number of nitrogens with zero attached hydrogens (tertiary/aromatic N) is 4. The van der Waals surface area contributed by atoms with Crippen molar-refractivity contribution in [1.82, 2.24) is 19.4 Å². The van der Waals surface area contributed by atoms with E-state index in [1.54, 1.807) is 29.2 Å². The zero-order valence-corrected chi connectivity index (χ0v) is 21.9. The fraction of sp³-hybridized carbons (Fsp3) is 0.241. The van der Waals surface area contributed by atoms with Gasteiger partial charge in [0.2, 0.25) is 5.95 Å². The Morgan fingerprint density at radius 2 is 1.80 bits per heavy atom. The molecule has 0 aliphatic carbocycles. The third kappa shape index (κ3) is 6.09. The predicted molar refractivity (Wildman–Crippen MR) is 148 cm³/mol. The maximum atomic E-state index is 15.1. The number of amides is 2. The zero-order valence-electron chi connectivity index (χ0n) is 21.9. The number of hydrogen-bond donors (Lipinski definition) is 2. The summed E-state index contributed by atoms with van der Waals surface area (Å²) in [6.45, 7) is 3.71. The number of anilines is 3. The van der Waals surface area contributed by atoms with Gasteiger partial charge >= 0.3 is 6.03 Å². The van der Waals surface area contributed by atoms with Gasteiger partial charge in [0.1, 0.15) is 17.4 Å². The number of nitrogens with one attached hydrogen (secondary N) is 2. The summed E-state index contributed by atoms with van der Waals surface area (Å²) in [6.07, 6.45) is 5.45. The Morgan fingerprint density at radius 1 is 1.02 bits per heavy atom. The van der Waals surface area contributed by atoms with Crippen LogP contribution in [-0.2, 0) is 6.54 Å². The number of halogens is 2. The minimum absolute atomic E-state index is 0.0526. The van der Waals surface area contributed by atoms with Crippen LogP contribution in [0.25, 0.3) is 11.1 Å². The molecule has 2 N–H and O–H groups in total. The molecule has 9 nitrogen and oxygen atoms in total. The van der Waals surface area contributed by atoms with Gasteiger partial charge in [0.05, 0.1) is 5.56 Å². The van der Waals surface area contributed by atoms with Crippen molar-refractivity contribution in [3.05, 3.63) is 89.0 Å².